The summed E-state index contributed by atoms with van der Waals surface area (Å²) in [5.41, 5.74) is 0.587. The van der Waals surface area contributed by atoms with Gasteiger partial charge in [0.1, 0.15) is 11.5 Å². The molecule has 0 aromatic heterocycles. The molecule has 3 rings (SSSR count). The standard InChI is InChI=1S/C17H13NO3/c19-16-11-5-8-13-14(16)9-4-10-15(13)18-17(20)21-12-6-2-1-3-7-12/h1-11,19H,(H,18,20). The van der Waals surface area contributed by atoms with Crippen molar-refractivity contribution >= 4 is 22.6 Å². The lowest BCUT2D eigenvalue weighted by atomic mass is 10.1. The zero-order chi connectivity index (χ0) is 14.7. The third kappa shape index (κ3) is 2.79. The van der Waals surface area contributed by atoms with Gasteiger partial charge < -0.3 is 9.84 Å². The van der Waals surface area contributed by atoms with Gasteiger partial charge in [-0.3, -0.25) is 5.32 Å². The van der Waals surface area contributed by atoms with Crippen molar-refractivity contribution in [2.75, 3.05) is 5.32 Å². The minimum absolute atomic E-state index is 0.174. The number of benzene rings is 3. The van der Waals surface area contributed by atoms with Gasteiger partial charge in [-0.2, -0.15) is 0 Å². The summed E-state index contributed by atoms with van der Waals surface area (Å²) in [7, 11) is 0. The third-order valence-electron chi connectivity index (χ3n) is 3.09. The number of hydrogen-bond donors (Lipinski definition) is 2. The fourth-order valence-corrected chi connectivity index (χ4v) is 2.13. The van der Waals surface area contributed by atoms with E-state index in [0.717, 1.165) is 5.39 Å². The summed E-state index contributed by atoms with van der Waals surface area (Å²) < 4.78 is 5.18. The van der Waals surface area contributed by atoms with E-state index < -0.39 is 6.09 Å². The molecule has 2 N–H and O–H groups in total. The number of carbonyl (C=O) groups excluding carboxylic acids is 1. The Kier molecular flexibility index (Phi) is 3.43. The summed E-state index contributed by atoms with van der Waals surface area (Å²) in [6, 6.07) is 19.3. The molecule has 0 saturated carbocycles. The van der Waals surface area contributed by atoms with Crippen molar-refractivity contribution in [2.24, 2.45) is 0 Å². The summed E-state index contributed by atoms with van der Waals surface area (Å²) >= 11 is 0. The van der Waals surface area contributed by atoms with Gasteiger partial charge >= 0.3 is 6.09 Å². The number of phenols is 1. The Morgan fingerprint density at radius 1 is 0.857 bits per heavy atom. The summed E-state index contributed by atoms with van der Waals surface area (Å²) in [5.74, 6) is 0.644. The van der Waals surface area contributed by atoms with Crippen molar-refractivity contribution in [2.45, 2.75) is 0 Å². The maximum absolute atomic E-state index is 11.9. The topological polar surface area (TPSA) is 58.6 Å². The lowest BCUT2D eigenvalue weighted by Gasteiger charge is -2.10. The molecule has 0 atom stereocenters. The second kappa shape index (κ2) is 5.54. The van der Waals surface area contributed by atoms with E-state index in [4.69, 9.17) is 4.74 Å². The summed E-state index contributed by atoms with van der Waals surface area (Å²) in [4.78, 5) is 11.9. The highest BCUT2D eigenvalue weighted by Gasteiger charge is 2.09. The highest BCUT2D eigenvalue weighted by Crippen LogP contribution is 2.29. The number of rotatable bonds is 2. The number of ether oxygens (including phenoxy) is 1. The molecule has 0 heterocycles. The molecule has 0 aliphatic heterocycles. The first-order chi connectivity index (χ1) is 10.2. The number of fused-ring (bicyclic) bond motifs is 1. The van der Waals surface area contributed by atoms with Crippen molar-refractivity contribution in [1.82, 2.24) is 0 Å². The van der Waals surface area contributed by atoms with E-state index in [-0.39, 0.29) is 5.75 Å². The molecule has 0 saturated heterocycles. The molecule has 1 amide bonds. The van der Waals surface area contributed by atoms with E-state index >= 15 is 0 Å². The zero-order valence-corrected chi connectivity index (χ0v) is 11.1. The van der Waals surface area contributed by atoms with Gasteiger partial charge in [-0.1, -0.05) is 42.5 Å². The maximum atomic E-state index is 11.9. The van der Waals surface area contributed by atoms with Crippen LogP contribution in [-0.4, -0.2) is 11.2 Å². The SMILES string of the molecule is O=C(Nc1cccc2c(O)cccc12)Oc1ccccc1. The van der Waals surface area contributed by atoms with E-state index in [0.29, 0.717) is 16.8 Å². The number of anilines is 1. The second-order valence-electron chi connectivity index (χ2n) is 4.51. The number of amides is 1. The van der Waals surface area contributed by atoms with Crippen LogP contribution >= 0.6 is 0 Å². The molecule has 0 bridgehead atoms. The van der Waals surface area contributed by atoms with Crippen LogP contribution in [0, 0.1) is 0 Å². The quantitative estimate of drug-likeness (QED) is 0.740. The molecule has 0 radical (unpaired) electrons. The maximum Gasteiger partial charge on any atom is 0.417 e. The Bertz CT molecular complexity index is 784. The largest absolute Gasteiger partial charge is 0.507 e. The number of nitrogens with one attached hydrogen (secondary N) is 1. The lowest BCUT2D eigenvalue weighted by molar-refractivity contribution is 0.215. The molecule has 4 heteroatoms. The van der Waals surface area contributed by atoms with Crippen LogP contribution in [0.4, 0.5) is 10.5 Å². The molecule has 3 aromatic rings. The highest BCUT2D eigenvalue weighted by atomic mass is 16.6. The molecule has 0 unspecified atom stereocenters. The van der Waals surface area contributed by atoms with Gasteiger partial charge in [-0.05, 0) is 24.3 Å². The van der Waals surface area contributed by atoms with Crippen LogP contribution in [0.15, 0.2) is 66.7 Å². The fraction of sp³-hybridized carbons (Fsp3) is 0. The van der Waals surface area contributed by atoms with Crippen LogP contribution in [0.3, 0.4) is 0 Å². The number of carbonyl (C=O) groups is 1. The molecular formula is C17H13NO3. The smallest absolute Gasteiger partial charge is 0.417 e. The minimum atomic E-state index is -0.572. The Morgan fingerprint density at radius 3 is 2.38 bits per heavy atom. The Hall–Kier alpha value is -3.01. The highest BCUT2D eigenvalue weighted by molar-refractivity contribution is 6.02. The molecule has 0 fully saturated rings. The number of phenolic OH excluding ortho intramolecular Hbond substituents is 1. The van der Waals surface area contributed by atoms with Crippen LogP contribution < -0.4 is 10.1 Å². The molecule has 0 aliphatic carbocycles. The summed E-state index contributed by atoms with van der Waals surface area (Å²) in [5, 5.41) is 13.9. The van der Waals surface area contributed by atoms with Crippen LogP contribution in [0.2, 0.25) is 0 Å². The van der Waals surface area contributed by atoms with E-state index in [9.17, 15) is 9.90 Å². The van der Waals surface area contributed by atoms with Crippen LogP contribution in [-0.2, 0) is 0 Å². The summed E-state index contributed by atoms with van der Waals surface area (Å²) in [6.45, 7) is 0. The Labute approximate surface area is 121 Å². The van der Waals surface area contributed by atoms with E-state index in [1.54, 1.807) is 54.6 Å². The molecule has 0 aliphatic rings. The van der Waals surface area contributed by atoms with Crippen molar-refractivity contribution in [3.8, 4) is 11.5 Å². The molecule has 4 nitrogen and oxygen atoms in total. The summed E-state index contributed by atoms with van der Waals surface area (Å²) in [6.07, 6.45) is -0.572. The first-order valence-corrected chi connectivity index (χ1v) is 6.48. The minimum Gasteiger partial charge on any atom is -0.507 e. The van der Waals surface area contributed by atoms with Crippen LogP contribution in [0.1, 0.15) is 0 Å². The average molecular weight is 279 g/mol. The molecule has 3 aromatic carbocycles. The predicted octanol–water partition coefficient (Wildman–Crippen LogP) is 4.16. The first kappa shape index (κ1) is 13.0. The van der Waals surface area contributed by atoms with Crippen LogP contribution in [0.25, 0.3) is 10.8 Å². The third-order valence-corrected chi connectivity index (χ3v) is 3.09. The number of hydrogen-bond acceptors (Lipinski definition) is 3. The predicted molar refractivity (Wildman–Crippen MR) is 81.7 cm³/mol. The monoisotopic (exact) mass is 279 g/mol. The first-order valence-electron chi connectivity index (χ1n) is 6.48. The molecule has 21 heavy (non-hydrogen) atoms. The van der Waals surface area contributed by atoms with Gasteiger partial charge in [0.2, 0.25) is 0 Å². The van der Waals surface area contributed by atoms with Crippen molar-refractivity contribution in [3.05, 3.63) is 66.7 Å². The van der Waals surface area contributed by atoms with Gasteiger partial charge in [-0.25, -0.2) is 4.79 Å². The number of para-hydroxylation sites is 1. The lowest BCUT2D eigenvalue weighted by Crippen LogP contribution is -2.16. The van der Waals surface area contributed by atoms with Gasteiger partial charge in [-0.15, -0.1) is 0 Å². The van der Waals surface area contributed by atoms with Crippen molar-refractivity contribution in [1.29, 1.82) is 0 Å². The zero-order valence-electron chi connectivity index (χ0n) is 11.1. The van der Waals surface area contributed by atoms with Gasteiger partial charge in [0.15, 0.2) is 0 Å². The van der Waals surface area contributed by atoms with E-state index in [2.05, 4.69) is 5.32 Å². The second-order valence-corrected chi connectivity index (χ2v) is 4.51. The van der Waals surface area contributed by atoms with E-state index in [1.165, 1.54) is 0 Å². The molecular weight excluding hydrogens is 266 g/mol. The number of aromatic hydroxyl groups is 1. The Balaban J connectivity index is 1.85. The van der Waals surface area contributed by atoms with Crippen LogP contribution in [0.5, 0.6) is 11.5 Å². The van der Waals surface area contributed by atoms with Crippen molar-refractivity contribution in [3.63, 3.8) is 0 Å². The molecule has 0 spiro atoms. The van der Waals surface area contributed by atoms with E-state index in [1.807, 2.05) is 12.1 Å². The van der Waals surface area contributed by atoms with Gasteiger partial charge in [0.25, 0.3) is 0 Å². The normalized spacial score (nSPS) is 10.3. The van der Waals surface area contributed by atoms with Crippen molar-refractivity contribution < 1.29 is 14.6 Å². The average Bonchev–Trinajstić information content (AvgIpc) is 2.49. The molecule has 104 valence electrons. The Morgan fingerprint density at radius 2 is 1.57 bits per heavy atom. The fourth-order valence-electron chi connectivity index (χ4n) is 2.13. The van der Waals surface area contributed by atoms with Gasteiger partial charge in [0.05, 0.1) is 5.69 Å². The van der Waals surface area contributed by atoms with Gasteiger partial charge in [0, 0.05) is 10.8 Å².